The minimum atomic E-state index is -0.492. The van der Waals surface area contributed by atoms with Crippen LogP contribution in [0.2, 0.25) is 0 Å². The molecule has 2 aromatic heterocycles. The highest BCUT2D eigenvalue weighted by atomic mass is 32.1. The number of rotatable bonds is 5. The normalized spacial score (nSPS) is 14.1. The highest BCUT2D eigenvalue weighted by Crippen LogP contribution is 2.36. The number of anilines is 1. The van der Waals surface area contributed by atoms with Crippen LogP contribution in [-0.2, 0) is 16.0 Å². The first kappa shape index (κ1) is 23.0. The fourth-order valence-electron chi connectivity index (χ4n) is 4.53. The number of pyridine rings is 1. The summed E-state index contributed by atoms with van der Waals surface area (Å²) in [5.41, 5.74) is 6.95. The summed E-state index contributed by atoms with van der Waals surface area (Å²) in [4.78, 5) is 32.1. The van der Waals surface area contributed by atoms with Crippen LogP contribution in [0.1, 0.15) is 50.5 Å². The van der Waals surface area contributed by atoms with E-state index in [9.17, 15) is 9.59 Å². The van der Waals surface area contributed by atoms with E-state index in [2.05, 4.69) is 22.8 Å². The van der Waals surface area contributed by atoms with Gasteiger partial charge in [-0.05, 0) is 85.0 Å². The maximum atomic E-state index is 13.4. The number of hydrogen-bond acceptors (Lipinski definition) is 5. The summed E-state index contributed by atoms with van der Waals surface area (Å²) in [6.07, 6.45) is 4.74. The minimum Gasteiger partial charge on any atom is -0.452 e. The standard InChI is InChI=1S/C29H26N2O3S/c1-18-8-5-14-24(19(18)2)30-26(32)17-34-29(33)27-22-11-3-4-13-25(22)31-28-20(9-6-12-23(27)28)16-21-10-7-15-35-21/h3-5,7-8,10-11,13-16H,6,9,12,17H2,1-2H3,(H,30,32)/b20-16+. The average molecular weight is 483 g/mol. The number of amides is 1. The summed E-state index contributed by atoms with van der Waals surface area (Å²) in [7, 11) is 0. The minimum absolute atomic E-state index is 0.352. The van der Waals surface area contributed by atoms with Gasteiger partial charge in [-0.1, -0.05) is 36.4 Å². The van der Waals surface area contributed by atoms with Crippen LogP contribution in [0.15, 0.2) is 60.0 Å². The Morgan fingerprint density at radius 1 is 1.06 bits per heavy atom. The van der Waals surface area contributed by atoms with E-state index in [-0.39, 0.29) is 12.5 Å². The lowest BCUT2D eigenvalue weighted by atomic mass is 9.86. The number of aromatic nitrogens is 1. The first-order valence-electron chi connectivity index (χ1n) is 11.7. The Hall–Kier alpha value is -3.77. The number of thiophene rings is 1. The SMILES string of the molecule is Cc1cccc(NC(=O)COC(=O)c2c3c(nc4ccccc24)/C(=C/c2cccs2)CCC3)c1C. The van der Waals surface area contributed by atoms with Crippen molar-refractivity contribution in [2.24, 2.45) is 0 Å². The third-order valence-corrected chi connectivity index (χ3v) is 7.27. The molecule has 1 aliphatic rings. The van der Waals surface area contributed by atoms with E-state index in [0.717, 1.165) is 68.7 Å². The van der Waals surface area contributed by atoms with Gasteiger partial charge in [-0.25, -0.2) is 9.78 Å². The topological polar surface area (TPSA) is 68.3 Å². The largest absolute Gasteiger partial charge is 0.452 e. The van der Waals surface area contributed by atoms with Crippen LogP contribution in [0.4, 0.5) is 5.69 Å². The molecular weight excluding hydrogens is 456 g/mol. The molecule has 0 bridgehead atoms. The molecule has 0 saturated carbocycles. The van der Waals surface area contributed by atoms with Gasteiger partial charge in [-0.2, -0.15) is 0 Å². The van der Waals surface area contributed by atoms with Crippen LogP contribution in [0.25, 0.3) is 22.6 Å². The second kappa shape index (κ2) is 9.84. The van der Waals surface area contributed by atoms with E-state index >= 15 is 0 Å². The fourth-order valence-corrected chi connectivity index (χ4v) is 5.21. The molecule has 1 amide bonds. The molecule has 0 unspecified atom stereocenters. The lowest BCUT2D eigenvalue weighted by Gasteiger charge is -2.22. The van der Waals surface area contributed by atoms with Crippen LogP contribution in [0.3, 0.4) is 0 Å². The van der Waals surface area contributed by atoms with Gasteiger partial charge in [0.05, 0.1) is 16.8 Å². The van der Waals surface area contributed by atoms with Gasteiger partial charge in [0.2, 0.25) is 0 Å². The Morgan fingerprint density at radius 3 is 2.74 bits per heavy atom. The van der Waals surface area contributed by atoms with Gasteiger partial charge in [0.15, 0.2) is 6.61 Å². The zero-order chi connectivity index (χ0) is 24.4. The number of benzene rings is 2. The number of nitrogens with zero attached hydrogens (tertiary/aromatic N) is 1. The molecule has 0 radical (unpaired) electrons. The summed E-state index contributed by atoms with van der Waals surface area (Å²) in [6, 6.07) is 17.5. The van der Waals surface area contributed by atoms with Crippen molar-refractivity contribution < 1.29 is 14.3 Å². The molecule has 2 aromatic carbocycles. The fraction of sp³-hybridized carbons (Fsp3) is 0.207. The maximum absolute atomic E-state index is 13.4. The van der Waals surface area contributed by atoms with Crippen molar-refractivity contribution in [1.29, 1.82) is 0 Å². The number of carbonyl (C=O) groups is 2. The van der Waals surface area contributed by atoms with Crippen molar-refractivity contribution in [2.75, 3.05) is 11.9 Å². The molecule has 0 atom stereocenters. The van der Waals surface area contributed by atoms with Gasteiger partial charge in [0.1, 0.15) is 0 Å². The van der Waals surface area contributed by atoms with E-state index in [1.54, 1.807) is 11.3 Å². The van der Waals surface area contributed by atoms with Gasteiger partial charge in [0.25, 0.3) is 5.91 Å². The number of para-hydroxylation sites is 1. The molecule has 0 saturated heterocycles. The van der Waals surface area contributed by atoms with Crippen molar-refractivity contribution in [3.05, 3.63) is 92.8 Å². The van der Waals surface area contributed by atoms with Gasteiger partial charge in [-0.3, -0.25) is 4.79 Å². The quantitative estimate of drug-likeness (QED) is 0.326. The molecule has 0 aliphatic heterocycles. The molecule has 0 fully saturated rings. The molecule has 2 heterocycles. The van der Waals surface area contributed by atoms with E-state index in [1.807, 2.05) is 62.4 Å². The van der Waals surface area contributed by atoms with E-state index < -0.39 is 5.97 Å². The van der Waals surface area contributed by atoms with Crippen LogP contribution < -0.4 is 5.32 Å². The van der Waals surface area contributed by atoms with Crippen LogP contribution >= 0.6 is 11.3 Å². The molecule has 1 aliphatic carbocycles. The first-order chi connectivity index (χ1) is 17.0. The maximum Gasteiger partial charge on any atom is 0.339 e. The van der Waals surface area contributed by atoms with Crippen molar-refractivity contribution in [1.82, 2.24) is 4.98 Å². The number of aryl methyl sites for hydroxylation is 1. The number of hydrogen-bond donors (Lipinski definition) is 1. The Kier molecular flexibility index (Phi) is 6.47. The Bertz CT molecular complexity index is 1450. The van der Waals surface area contributed by atoms with E-state index in [1.165, 1.54) is 0 Å². The molecule has 6 heteroatoms. The number of allylic oxidation sites excluding steroid dienone is 1. The Labute approximate surface area is 208 Å². The van der Waals surface area contributed by atoms with Gasteiger partial charge < -0.3 is 10.1 Å². The predicted octanol–water partition coefficient (Wildman–Crippen LogP) is 6.59. The molecule has 5 nitrogen and oxygen atoms in total. The summed E-state index contributed by atoms with van der Waals surface area (Å²) >= 11 is 1.68. The first-order valence-corrected chi connectivity index (χ1v) is 12.6. The van der Waals surface area contributed by atoms with E-state index in [0.29, 0.717) is 5.56 Å². The molecule has 176 valence electrons. The van der Waals surface area contributed by atoms with Gasteiger partial charge in [0, 0.05) is 16.0 Å². The van der Waals surface area contributed by atoms with Crippen LogP contribution in [0.5, 0.6) is 0 Å². The zero-order valence-electron chi connectivity index (χ0n) is 19.8. The second-order valence-corrected chi connectivity index (χ2v) is 9.72. The summed E-state index contributed by atoms with van der Waals surface area (Å²) in [6.45, 7) is 3.59. The lowest BCUT2D eigenvalue weighted by molar-refractivity contribution is -0.119. The number of nitrogens with one attached hydrogen (secondary N) is 1. The Morgan fingerprint density at radius 2 is 1.91 bits per heavy atom. The number of esters is 1. The van der Waals surface area contributed by atoms with E-state index in [4.69, 9.17) is 9.72 Å². The van der Waals surface area contributed by atoms with Gasteiger partial charge >= 0.3 is 5.97 Å². The van der Waals surface area contributed by atoms with Gasteiger partial charge in [-0.15, -0.1) is 11.3 Å². The zero-order valence-corrected chi connectivity index (χ0v) is 20.6. The smallest absolute Gasteiger partial charge is 0.339 e. The molecule has 35 heavy (non-hydrogen) atoms. The summed E-state index contributed by atoms with van der Waals surface area (Å²) < 4.78 is 5.55. The van der Waals surface area contributed by atoms with Crippen molar-refractivity contribution in [3.8, 4) is 0 Å². The summed E-state index contributed by atoms with van der Waals surface area (Å²) in [5, 5.41) is 5.66. The molecule has 1 N–H and O–H groups in total. The number of ether oxygens (including phenoxy) is 1. The summed E-state index contributed by atoms with van der Waals surface area (Å²) in [5.74, 6) is -0.856. The predicted molar refractivity (Wildman–Crippen MR) is 142 cm³/mol. The highest BCUT2D eigenvalue weighted by Gasteiger charge is 2.26. The number of fused-ring (bicyclic) bond motifs is 2. The molecule has 5 rings (SSSR count). The lowest BCUT2D eigenvalue weighted by Crippen LogP contribution is -2.23. The highest BCUT2D eigenvalue weighted by molar-refractivity contribution is 7.10. The third kappa shape index (κ3) is 4.75. The monoisotopic (exact) mass is 482 g/mol. The van der Waals surface area contributed by atoms with Crippen molar-refractivity contribution in [3.63, 3.8) is 0 Å². The molecule has 4 aromatic rings. The molecular formula is C29H26N2O3S. The third-order valence-electron chi connectivity index (χ3n) is 6.45. The Balaban J connectivity index is 1.45. The van der Waals surface area contributed by atoms with Crippen molar-refractivity contribution >= 4 is 51.5 Å². The van der Waals surface area contributed by atoms with Crippen LogP contribution in [0, 0.1) is 13.8 Å². The second-order valence-electron chi connectivity index (χ2n) is 8.74. The van der Waals surface area contributed by atoms with Crippen LogP contribution in [-0.4, -0.2) is 23.5 Å². The van der Waals surface area contributed by atoms with Crippen molar-refractivity contribution in [2.45, 2.75) is 33.1 Å². The number of carbonyl (C=O) groups excluding carboxylic acids is 2. The average Bonchev–Trinajstić information content (AvgIpc) is 3.37. The molecule has 0 spiro atoms.